The molecule has 1 atom stereocenters. The van der Waals surface area contributed by atoms with Gasteiger partial charge in [0, 0.05) is 19.3 Å². The van der Waals surface area contributed by atoms with E-state index in [0.29, 0.717) is 12.6 Å². The summed E-state index contributed by atoms with van der Waals surface area (Å²) in [7, 11) is 0. The van der Waals surface area contributed by atoms with Crippen LogP contribution in [0.15, 0.2) is 12.3 Å². The van der Waals surface area contributed by atoms with Gasteiger partial charge < -0.3 is 5.11 Å². The second kappa shape index (κ2) is 6.00. The first-order valence-electron chi connectivity index (χ1n) is 6.70. The van der Waals surface area contributed by atoms with Gasteiger partial charge in [-0.1, -0.05) is 6.92 Å². The smallest absolute Gasteiger partial charge is 0.304 e. The lowest BCUT2D eigenvalue weighted by atomic mass is 10.1. The Morgan fingerprint density at radius 1 is 1.56 bits per heavy atom. The highest BCUT2D eigenvalue weighted by Crippen LogP contribution is 2.31. The first-order valence-corrected chi connectivity index (χ1v) is 6.70. The van der Waals surface area contributed by atoms with E-state index >= 15 is 0 Å². The third kappa shape index (κ3) is 2.90. The maximum absolute atomic E-state index is 10.7. The number of carboxylic acid groups (broad SMARTS) is 1. The summed E-state index contributed by atoms with van der Waals surface area (Å²) in [6, 6.07) is 2.41. The summed E-state index contributed by atoms with van der Waals surface area (Å²) < 4.78 is 2.06. The number of aliphatic carboxylic acids is 1. The Morgan fingerprint density at radius 3 is 3.11 bits per heavy atom. The molecule has 1 fully saturated rings. The average molecular weight is 251 g/mol. The molecular formula is C13H21N3O2. The number of aryl methyl sites for hydroxylation is 1. The van der Waals surface area contributed by atoms with E-state index in [4.69, 9.17) is 5.11 Å². The lowest BCUT2D eigenvalue weighted by Crippen LogP contribution is -2.27. The topological polar surface area (TPSA) is 58.4 Å². The molecule has 0 radical (unpaired) electrons. The Balaban J connectivity index is 2.05. The van der Waals surface area contributed by atoms with E-state index in [1.165, 1.54) is 5.69 Å². The Labute approximate surface area is 107 Å². The van der Waals surface area contributed by atoms with Crippen molar-refractivity contribution in [3.8, 4) is 0 Å². The van der Waals surface area contributed by atoms with E-state index in [1.807, 2.05) is 6.20 Å². The molecule has 1 unspecified atom stereocenters. The normalized spacial score (nSPS) is 20.4. The van der Waals surface area contributed by atoms with Crippen molar-refractivity contribution in [3.63, 3.8) is 0 Å². The third-order valence-electron chi connectivity index (χ3n) is 3.50. The zero-order valence-electron chi connectivity index (χ0n) is 10.9. The summed E-state index contributed by atoms with van der Waals surface area (Å²) in [5.74, 6) is -0.720. The Morgan fingerprint density at radius 2 is 2.39 bits per heavy atom. The van der Waals surface area contributed by atoms with Crippen LogP contribution in [-0.2, 0) is 11.3 Å². The first kappa shape index (κ1) is 13.1. The van der Waals surface area contributed by atoms with Crippen molar-refractivity contribution >= 4 is 5.97 Å². The minimum Gasteiger partial charge on any atom is -0.481 e. The summed E-state index contributed by atoms with van der Waals surface area (Å²) in [6.07, 6.45) is 5.38. The maximum Gasteiger partial charge on any atom is 0.304 e. The van der Waals surface area contributed by atoms with Gasteiger partial charge in [-0.05, 0) is 31.9 Å². The van der Waals surface area contributed by atoms with E-state index in [0.717, 1.165) is 32.4 Å². The molecule has 0 spiro atoms. The van der Waals surface area contributed by atoms with E-state index in [9.17, 15) is 4.79 Å². The minimum absolute atomic E-state index is 0.221. The van der Waals surface area contributed by atoms with Crippen LogP contribution in [0.3, 0.4) is 0 Å². The number of hydrogen-bond donors (Lipinski definition) is 1. The van der Waals surface area contributed by atoms with Crippen LogP contribution < -0.4 is 0 Å². The van der Waals surface area contributed by atoms with Crippen molar-refractivity contribution in [2.45, 2.75) is 45.2 Å². The van der Waals surface area contributed by atoms with Crippen LogP contribution in [-0.4, -0.2) is 38.8 Å². The number of nitrogens with zero attached hydrogens (tertiary/aromatic N) is 3. The minimum atomic E-state index is -0.720. The number of carboxylic acids is 1. The van der Waals surface area contributed by atoms with E-state index in [1.54, 1.807) is 0 Å². The monoisotopic (exact) mass is 251 g/mol. The fraction of sp³-hybridized carbons (Fsp3) is 0.692. The molecule has 2 heterocycles. The van der Waals surface area contributed by atoms with Crippen molar-refractivity contribution in [1.29, 1.82) is 0 Å². The zero-order valence-corrected chi connectivity index (χ0v) is 10.9. The van der Waals surface area contributed by atoms with Crippen LogP contribution in [0.5, 0.6) is 0 Å². The molecule has 2 rings (SSSR count). The van der Waals surface area contributed by atoms with Gasteiger partial charge in [-0.3, -0.25) is 14.4 Å². The molecule has 0 bridgehead atoms. The van der Waals surface area contributed by atoms with Gasteiger partial charge in [-0.25, -0.2) is 0 Å². The molecule has 5 nitrogen and oxygen atoms in total. The molecule has 0 amide bonds. The number of rotatable bonds is 6. The average Bonchev–Trinajstić information content (AvgIpc) is 2.94. The first-order chi connectivity index (χ1) is 8.72. The van der Waals surface area contributed by atoms with Crippen LogP contribution >= 0.6 is 0 Å². The van der Waals surface area contributed by atoms with Crippen LogP contribution in [0.25, 0.3) is 0 Å². The number of carbonyl (C=O) groups is 1. The van der Waals surface area contributed by atoms with Crippen molar-refractivity contribution in [1.82, 2.24) is 14.7 Å². The Kier molecular flexibility index (Phi) is 4.36. The van der Waals surface area contributed by atoms with Crippen molar-refractivity contribution < 1.29 is 9.90 Å². The third-order valence-corrected chi connectivity index (χ3v) is 3.50. The molecule has 1 aromatic heterocycles. The van der Waals surface area contributed by atoms with Gasteiger partial charge in [0.25, 0.3) is 0 Å². The van der Waals surface area contributed by atoms with Gasteiger partial charge in [0.1, 0.15) is 0 Å². The summed E-state index contributed by atoms with van der Waals surface area (Å²) in [5, 5.41) is 13.1. The summed E-state index contributed by atoms with van der Waals surface area (Å²) in [5.41, 5.74) is 1.24. The van der Waals surface area contributed by atoms with Crippen LogP contribution in [0, 0.1) is 0 Å². The van der Waals surface area contributed by atoms with Crippen molar-refractivity contribution in [3.05, 3.63) is 18.0 Å². The van der Waals surface area contributed by atoms with E-state index < -0.39 is 5.97 Å². The second-order valence-electron chi connectivity index (χ2n) is 4.82. The summed E-state index contributed by atoms with van der Waals surface area (Å²) >= 11 is 0. The van der Waals surface area contributed by atoms with Crippen LogP contribution in [0.1, 0.15) is 44.3 Å². The molecule has 0 aliphatic carbocycles. The summed E-state index contributed by atoms with van der Waals surface area (Å²) in [4.78, 5) is 12.9. The molecule has 1 saturated heterocycles. The quantitative estimate of drug-likeness (QED) is 0.839. The Bertz CT molecular complexity index is 403. The molecule has 1 aromatic rings. The van der Waals surface area contributed by atoms with E-state index in [-0.39, 0.29) is 6.42 Å². The van der Waals surface area contributed by atoms with Gasteiger partial charge in [-0.2, -0.15) is 5.10 Å². The van der Waals surface area contributed by atoms with Crippen molar-refractivity contribution in [2.24, 2.45) is 0 Å². The van der Waals surface area contributed by atoms with Crippen LogP contribution in [0.4, 0.5) is 0 Å². The van der Waals surface area contributed by atoms with Crippen LogP contribution in [0.2, 0.25) is 0 Å². The highest BCUT2D eigenvalue weighted by atomic mass is 16.4. The highest BCUT2D eigenvalue weighted by Gasteiger charge is 2.28. The number of aromatic nitrogens is 2. The number of hydrogen-bond acceptors (Lipinski definition) is 3. The molecule has 18 heavy (non-hydrogen) atoms. The second-order valence-corrected chi connectivity index (χ2v) is 4.82. The molecule has 1 aliphatic heterocycles. The molecule has 5 heteroatoms. The van der Waals surface area contributed by atoms with Gasteiger partial charge in [-0.15, -0.1) is 0 Å². The largest absolute Gasteiger partial charge is 0.481 e. The van der Waals surface area contributed by atoms with Gasteiger partial charge in [0.15, 0.2) is 0 Å². The summed E-state index contributed by atoms with van der Waals surface area (Å²) in [6.45, 7) is 4.71. The lowest BCUT2D eigenvalue weighted by molar-refractivity contribution is -0.137. The standard InChI is InChI=1S/C13H21N3O2/c1-2-8-16-12(5-7-14-16)11-4-3-9-15(11)10-6-13(17)18/h5,7,11H,2-4,6,8-10H2,1H3,(H,17,18). The predicted octanol–water partition coefficient (Wildman–Crippen LogP) is 1.90. The van der Waals surface area contributed by atoms with Crippen molar-refractivity contribution in [2.75, 3.05) is 13.1 Å². The molecular weight excluding hydrogens is 230 g/mol. The zero-order chi connectivity index (χ0) is 13.0. The maximum atomic E-state index is 10.7. The fourth-order valence-corrected chi connectivity index (χ4v) is 2.69. The fourth-order valence-electron chi connectivity index (χ4n) is 2.69. The molecule has 0 saturated carbocycles. The van der Waals surface area contributed by atoms with Gasteiger partial charge in [0.05, 0.1) is 18.2 Å². The van der Waals surface area contributed by atoms with Gasteiger partial charge >= 0.3 is 5.97 Å². The molecule has 1 aliphatic rings. The van der Waals surface area contributed by atoms with Gasteiger partial charge in [0.2, 0.25) is 0 Å². The molecule has 0 aromatic carbocycles. The number of likely N-dealkylation sites (tertiary alicyclic amines) is 1. The predicted molar refractivity (Wildman–Crippen MR) is 68.3 cm³/mol. The van der Waals surface area contributed by atoms with E-state index in [2.05, 4.69) is 27.7 Å². The highest BCUT2D eigenvalue weighted by molar-refractivity contribution is 5.66. The Hall–Kier alpha value is -1.36. The lowest BCUT2D eigenvalue weighted by Gasteiger charge is -2.24. The molecule has 1 N–H and O–H groups in total. The SMILES string of the molecule is CCCn1nccc1C1CCCN1CCC(=O)O. The molecule has 100 valence electrons.